The smallest absolute Gasteiger partial charge is 0.274 e. The molecule has 0 spiro atoms. The fourth-order valence-corrected chi connectivity index (χ4v) is 2.71. The molecule has 0 aliphatic carbocycles. The molecule has 0 radical (unpaired) electrons. The van der Waals surface area contributed by atoms with Crippen molar-refractivity contribution < 1.29 is 9.66 Å². The van der Waals surface area contributed by atoms with Crippen molar-refractivity contribution in [3.63, 3.8) is 0 Å². The summed E-state index contributed by atoms with van der Waals surface area (Å²) in [6, 6.07) is 0. The third-order valence-electron chi connectivity index (χ3n) is 3.79. The summed E-state index contributed by atoms with van der Waals surface area (Å²) in [7, 11) is 0. The average Bonchev–Trinajstić information content (AvgIpc) is 2.78. The van der Waals surface area contributed by atoms with Crippen molar-refractivity contribution >= 4 is 0 Å². The summed E-state index contributed by atoms with van der Waals surface area (Å²) in [5.41, 5.74) is 0. The lowest BCUT2D eigenvalue weighted by atomic mass is 9.93. The Kier molecular flexibility index (Phi) is 4.41. The van der Waals surface area contributed by atoms with Crippen molar-refractivity contribution in [2.75, 3.05) is 32.8 Å². The summed E-state index contributed by atoms with van der Waals surface area (Å²) >= 11 is 0. The highest BCUT2D eigenvalue weighted by Gasteiger charge is 2.30. The maximum absolute atomic E-state index is 10.6. The van der Waals surface area contributed by atoms with Crippen molar-refractivity contribution in [1.82, 2.24) is 10.2 Å². The normalized spacial score (nSPS) is 30.5. The summed E-state index contributed by atoms with van der Waals surface area (Å²) in [5, 5.41) is 13.7. The van der Waals surface area contributed by atoms with E-state index in [2.05, 4.69) is 17.1 Å². The van der Waals surface area contributed by atoms with Crippen LogP contribution >= 0.6 is 0 Å². The number of ether oxygens (including phenoxy) is 1. The predicted octanol–water partition coefficient (Wildman–Crippen LogP) is 1.03. The molecule has 2 fully saturated rings. The van der Waals surface area contributed by atoms with Crippen molar-refractivity contribution in [2.24, 2.45) is 11.8 Å². The van der Waals surface area contributed by atoms with Gasteiger partial charge in [-0.2, -0.15) is 0 Å². The Balaban J connectivity index is 1.99. The fraction of sp³-hybridized carbons (Fsp3) is 0.833. The molecule has 1 N–H and O–H groups in total. The zero-order chi connectivity index (χ0) is 13.0. The van der Waals surface area contributed by atoms with E-state index in [0.717, 1.165) is 51.9 Å². The summed E-state index contributed by atoms with van der Waals surface area (Å²) in [6.45, 7) is 6.34. The van der Waals surface area contributed by atoms with E-state index in [1.54, 1.807) is 0 Å². The van der Waals surface area contributed by atoms with Gasteiger partial charge in [-0.1, -0.05) is 13.3 Å². The number of rotatable bonds is 4. The summed E-state index contributed by atoms with van der Waals surface area (Å²) in [4.78, 5) is 12.3. The maximum atomic E-state index is 10.6. The van der Waals surface area contributed by atoms with Gasteiger partial charge in [0.25, 0.3) is 6.20 Å². The standard InChI is InChI=1S/C12H21N3O3/c1-2-10-8-18-9-11(10)6-14-5-3-4-13-12(14)7-15(16)17/h7,10-11,13H,2-6,8-9H2,1H3/b12-7+. The Morgan fingerprint density at radius 3 is 3.06 bits per heavy atom. The monoisotopic (exact) mass is 255 g/mol. The van der Waals surface area contributed by atoms with Crippen molar-refractivity contribution in [1.29, 1.82) is 0 Å². The van der Waals surface area contributed by atoms with E-state index in [-0.39, 0.29) is 4.92 Å². The molecule has 2 heterocycles. The quantitative estimate of drug-likeness (QED) is 0.600. The topological polar surface area (TPSA) is 67.6 Å². The third-order valence-corrected chi connectivity index (χ3v) is 3.79. The molecule has 0 aromatic rings. The molecular formula is C12H21N3O3. The second-order valence-electron chi connectivity index (χ2n) is 4.99. The lowest BCUT2D eigenvalue weighted by molar-refractivity contribution is -0.404. The number of hydrogen-bond donors (Lipinski definition) is 1. The molecule has 0 amide bonds. The molecule has 0 aromatic carbocycles. The summed E-state index contributed by atoms with van der Waals surface area (Å²) in [5.74, 6) is 1.72. The minimum atomic E-state index is -0.386. The molecule has 102 valence electrons. The molecule has 6 nitrogen and oxygen atoms in total. The molecular weight excluding hydrogens is 234 g/mol. The SMILES string of the molecule is CCC1COCC1CN1CCCN/C1=C\[N+](=O)[O-]. The van der Waals surface area contributed by atoms with Crippen LogP contribution < -0.4 is 5.32 Å². The molecule has 2 atom stereocenters. The van der Waals surface area contributed by atoms with Crippen LogP contribution in [0, 0.1) is 22.0 Å². The van der Waals surface area contributed by atoms with Crippen LogP contribution in [0.5, 0.6) is 0 Å². The second kappa shape index (κ2) is 6.04. The van der Waals surface area contributed by atoms with Crippen LogP contribution in [0.15, 0.2) is 12.0 Å². The van der Waals surface area contributed by atoms with Gasteiger partial charge in [0, 0.05) is 32.2 Å². The Hall–Kier alpha value is -1.30. The molecule has 6 heteroatoms. The fourth-order valence-electron chi connectivity index (χ4n) is 2.71. The van der Waals surface area contributed by atoms with E-state index in [9.17, 15) is 10.1 Å². The zero-order valence-electron chi connectivity index (χ0n) is 10.8. The Bertz CT molecular complexity index is 333. The first-order valence-corrected chi connectivity index (χ1v) is 6.62. The van der Waals surface area contributed by atoms with Gasteiger partial charge in [-0.3, -0.25) is 10.1 Å². The molecule has 2 rings (SSSR count). The molecule has 2 unspecified atom stereocenters. The van der Waals surface area contributed by atoms with Crippen LogP contribution in [0.4, 0.5) is 0 Å². The summed E-state index contributed by atoms with van der Waals surface area (Å²) in [6.07, 6.45) is 3.22. The van der Waals surface area contributed by atoms with Gasteiger partial charge in [-0.15, -0.1) is 0 Å². The third kappa shape index (κ3) is 3.13. The van der Waals surface area contributed by atoms with E-state index in [0.29, 0.717) is 17.7 Å². The number of hydrogen-bond acceptors (Lipinski definition) is 5. The highest BCUT2D eigenvalue weighted by Crippen LogP contribution is 2.26. The Labute approximate surface area is 107 Å². The Morgan fingerprint density at radius 2 is 2.33 bits per heavy atom. The van der Waals surface area contributed by atoms with E-state index < -0.39 is 0 Å². The van der Waals surface area contributed by atoms with E-state index >= 15 is 0 Å². The van der Waals surface area contributed by atoms with Crippen LogP contribution in [-0.4, -0.2) is 42.7 Å². The van der Waals surface area contributed by atoms with E-state index in [1.807, 2.05) is 0 Å². The van der Waals surface area contributed by atoms with Gasteiger partial charge < -0.3 is 15.0 Å². The zero-order valence-corrected chi connectivity index (χ0v) is 10.8. The van der Waals surface area contributed by atoms with E-state index in [1.165, 1.54) is 0 Å². The highest BCUT2D eigenvalue weighted by atomic mass is 16.6. The van der Waals surface area contributed by atoms with Gasteiger partial charge >= 0.3 is 0 Å². The molecule has 0 saturated carbocycles. The molecule has 2 saturated heterocycles. The van der Waals surface area contributed by atoms with Crippen LogP contribution in [0.3, 0.4) is 0 Å². The largest absolute Gasteiger partial charge is 0.381 e. The van der Waals surface area contributed by atoms with Gasteiger partial charge in [0.2, 0.25) is 0 Å². The maximum Gasteiger partial charge on any atom is 0.274 e. The first-order valence-electron chi connectivity index (χ1n) is 6.62. The molecule has 0 bridgehead atoms. The number of nitrogens with one attached hydrogen (secondary N) is 1. The van der Waals surface area contributed by atoms with Crippen molar-refractivity contribution in [3.8, 4) is 0 Å². The average molecular weight is 255 g/mol. The van der Waals surface area contributed by atoms with Gasteiger partial charge in [0.05, 0.1) is 11.5 Å². The predicted molar refractivity (Wildman–Crippen MR) is 67.4 cm³/mol. The number of nitrogens with zero attached hydrogens (tertiary/aromatic N) is 2. The molecule has 18 heavy (non-hydrogen) atoms. The van der Waals surface area contributed by atoms with Crippen LogP contribution in [0.1, 0.15) is 19.8 Å². The van der Waals surface area contributed by atoms with Crippen LogP contribution in [-0.2, 0) is 4.74 Å². The minimum Gasteiger partial charge on any atom is -0.381 e. The lowest BCUT2D eigenvalue weighted by Gasteiger charge is -2.33. The highest BCUT2D eigenvalue weighted by molar-refractivity contribution is 4.99. The van der Waals surface area contributed by atoms with Gasteiger partial charge in [0.1, 0.15) is 0 Å². The first kappa shape index (κ1) is 13.1. The Morgan fingerprint density at radius 1 is 1.56 bits per heavy atom. The number of nitro groups is 1. The molecule has 0 aromatic heterocycles. The van der Waals surface area contributed by atoms with Gasteiger partial charge in [-0.25, -0.2) is 0 Å². The minimum absolute atomic E-state index is 0.386. The van der Waals surface area contributed by atoms with Crippen molar-refractivity contribution in [3.05, 3.63) is 22.1 Å². The van der Waals surface area contributed by atoms with Crippen molar-refractivity contribution in [2.45, 2.75) is 19.8 Å². The molecule has 2 aliphatic heterocycles. The molecule has 2 aliphatic rings. The van der Waals surface area contributed by atoms with E-state index in [4.69, 9.17) is 4.74 Å². The van der Waals surface area contributed by atoms with Crippen LogP contribution in [0.2, 0.25) is 0 Å². The lowest BCUT2D eigenvalue weighted by Crippen LogP contribution is -2.43. The second-order valence-corrected chi connectivity index (χ2v) is 4.99. The van der Waals surface area contributed by atoms with Crippen LogP contribution in [0.25, 0.3) is 0 Å². The van der Waals surface area contributed by atoms with Gasteiger partial charge in [-0.05, 0) is 12.3 Å². The van der Waals surface area contributed by atoms with Gasteiger partial charge in [0.15, 0.2) is 5.82 Å². The first-order chi connectivity index (χ1) is 8.70. The summed E-state index contributed by atoms with van der Waals surface area (Å²) < 4.78 is 5.52.